The fraction of sp³-hybridized carbons (Fsp3) is 0.486. The second kappa shape index (κ2) is 12.2. The Kier molecular flexibility index (Phi) is 8.86. The van der Waals surface area contributed by atoms with E-state index in [4.69, 9.17) is 4.74 Å². The number of hydrogen-bond acceptors (Lipinski definition) is 5. The van der Waals surface area contributed by atoms with Crippen LogP contribution >= 0.6 is 0 Å². The van der Waals surface area contributed by atoms with E-state index in [1.165, 1.54) is 0 Å². The summed E-state index contributed by atoms with van der Waals surface area (Å²) in [5.41, 5.74) is 1.08. The molecule has 3 unspecified atom stereocenters. The molecule has 2 bridgehead atoms. The Morgan fingerprint density at radius 2 is 1.62 bits per heavy atom. The highest BCUT2D eigenvalue weighted by atomic mass is 16.5. The minimum absolute atomic E-state index is 0.119. The topological polar surface area (TPSA) is 90.4 Å². The lowest BCUT2D eigenvalue weighted by Gasteiger charge is -2.41. The summed E-state index contributed by atoms with van der Waals surface area (Å²) < 4.78 is 7.02. The number of ether oxygens (including phenoxy) is 1. The average molecular weight is 614 g/mol. The molecule has 3 fully saturated rings. The number of fused-ring (bicyclic) bond motifs is 1. The molecule has 45 heavy (non-hydrogen) atoms. The smallest absolute Gasteiger partial charge is 0.253 e. The van der Waals surface area contributed by atoms with Crippen LogP contribution in [-0.2, 0) is 19.1 Å². The molecule has 8 heteroatoms. The van der Waals surface area contributed by atoms with Crippen molar-refractivity contribution in [3.8, 4) is 0 Å². The van der Waals surface area contributed by atoms with Crippen molar-refractivity contribution in [1.82, 2.24) is 4.90 Å². The van der Waals surface area contributed by atoms with Gasteiger partial charge >= 0.3 is 0 Å². The summed E-state index contributed by atoms with van der Waals surface area (Å²) in [7, 11) is 0. The quantitative estimate of drug-likeness (QED) is 0.358. The Morgan fingerprint density at radius 3 is 2.18 bits per heavy atom. The summed E-state index contributed by atoms with van der Waals surface area (Å²) in [6.45, 7) is 19.7. The van der Waals surface area contributed by atoms with Crippen molar-refractivity contribution in [3.63, 3.8) is 0 Å². The third-order valence-corrected chi connectivity index (χ3v) is 10.5. The van der Waals surface area contributed by atoms with Crippen molar-refractivity contribution in [2.24, 2.45) is 23.7 Å². The van der Waals surface area contributed by atoms with Crippen LogP contribution in [0.5, 0.6) is 0 Å². The Bertz CT molecular complexity index is 1470. The van der Waals surface area contributed by atoms with Crippen LogP contribution in [0.1, 0.15) is 45.2 Å². The fourth-order valence-corrected chi connectivity index (χ4v) is 8.34. The van der Waals surface area contributed by atoms with Crippen LogP contribution in [0.25, 0.3) is 0 Å². The van der Waals surface area contributed by atoms with Crippen molar-refractivity contribution < 1.29 is 24.2 Å². The second-order valence-corrected chi connectivity index (χ2v) is 13.5. The molecular weight excluding hydrogens is 566 g/mol. The molecule has 0 aliphatic carbocycles. The van der Waals surface area contributed by atoms with E-state index in [1.807, 2.05) is 90.1 Å². The summed E-state index contributed by atoms with van der Waals surface area (Å²) in [6.07, 6.45) is 3.80. The minimum atomic E-state index is -1.25. The number of rotatable bonds is 11. The molecule has 3 heterocycles. The Balaban J connectivity index is 1.70. The highest BCUT2D eigenvalue weighted by molar-refractivity contribution is 6.07. The zero-order chi connectivity index (χ0) is 32.8. The number of carbonyl (C=O) groups is 3. The van der Waals surface area contributed by atoms with Gasteiger partial charge in [-0.2, -0.15) is 0 Å². The molecule has 0 radical (unpaired) electrons. The molecule has 7 atom stereocenters. The van der Waals surface area contributed by atoms with Gasteiger partial charge in [0.05, 0.1) is 30.1 Å². The predicted molar refractivity (Wildman–Crippen MR) is 177 cm³/mol. The molecule has 0 aromatic heterocycles. The molecule has 8 nitrogen and oxygen atoms in total. The third-order valence-electron chi connectivity index (χ3n) is 10.5. The van der Waals surface area contributed by atoms with Gasteiger partial charge in [0, 0.05) is 24.5 Å². The van der Waals surface area contributed by atoms with Gasteiger partial charge in [0.2, 0.25) is 11.8 Å². The third kappa shape index (κ3) is 4.93. The molecule has 5 rings (SSSR count). The molecule has 3 amide bonds. The Hall–Kier alpha value is -3.75. The van der Waals surface area contributed by atoms with Crippen molar-refractivity contribution in [3.05, 3.63) is 85.0 Å². The molecule has 3 aliphatic heterocycles. The number of amides is 3. The van der Waals surface area contributed by atoms with Crippen LogP contribution in [0, 0.1) is 37.5 Å². The fourth-order valence-electron chi connectivity index (χ4n) is 8.34. The maximum Gasteiger partial charge on any atom is 0.253 e. The maximum absolute atomic E-state index is 15.1. The van der Waals surface area contributed by atoms with Crippen molar-refractivity contribution in [2.45, 2.75) is 71.2 Å². The van der Waals surface area contributed by atoms with E-state index in [1.54, 1.807) is 26.9 Å². The first-order valence-corrected chi connectivity index (χ1v) is 16.0. The van der Waals surface area contributed by atoms with Crippen LogP contribution in [0.4, 0.5) is 11.4 Å². The normalized spacial score (nSPS) is 29.1. The molecule has 2 aromatic rings. The first kappa shape index (κ1) is 32.6. The number of nitrogens with zero attached hydrogens (tertiary/aromatic N) is 3. The number of hydrogen-bond donors (Lipinski definition) is 1. The summed E-state index contributed by atoms with van der Waals surface area (Å²) in [4.78, 5) is 49.7. The average Bonchev–Trinajstić information content (AvgIpc) is 3.52. The monoisotopic (exact) mass is 613 g/mol. The molecule has 1 spiro atoms. The van der Waals surface area contributed by atoms with E-state index in [9.17, 15) is 14.7 Å². The van der Waals surface area contributed by atoms with Crippen LogP contribution in [0.15, 0.2) is 73.8 Å². The molecule has 2 aromatic carbocycles. The number of likely N-dealkylation sites (tertiary alicyclic amines) is 1. The molecular formula is C37H47N3O5. The first-order chi connectivity index (χ1) is 21.4. The molecule has 3 saturated heterocycles. The first-order valence-electron chi connectivity index (χ1n) is 16.0. The lowest BCUT2D eigenvalue weighted by atomic mass is 9.62. The van der Waals surface area contributed by atoms with E-state index in [-0.39, 0.29) is 49.3 Å². The Labute approximate surface area is 267 Å². The van der Waals surface area contributed by atoms with E-state index < -0.39 is 35.1 Å². The number of benzene rings is 2. The number of carbonyl (C=O) groups excluding carboxylic acids is 3. The lowest BCUT2D eigenvalue weighted by molar-refractivity contribution is -0.150. The molecule has 240 valence electrons. The zero-order valence-electron chi connectivity index (χ0n) is 27.4. The SMILES string of the molecule is C=CCN(C(=O)[C@@H]1[C@H]2C(=O)N([C@@H](CO)C(C)C)C(C(=O)N(CC=C)c3c(C)cccc3C)C23CC(C)[C@@]1(C)O3)c1ccccc1. The number of aryl methyl sites for hydroxylation is 2. The summed E-state index contributed by atoms with van der Waals surface area (Å²) in [5.74, 6) is -2.85. The molecule has 0 saturated carbocycles. The van der Waals surface area contributed by atoms with Crippen molar-refractivity contribution in [1.29, 1.82) is 0 Å². The second-order valence-electron chi connectivity index (χ2n) is 13.5. The standard InChI is InChI=1S/C37H47N3O5/c1-9-19-38(27-17-12-11-13-18-27)33(42)29-30-34(43)40(28(22-41)23(3)4)32(37(30)21-26(7)36(29,8)45-37)35(44)39(20-10-2)31-24(5)15-14-16-25(31)6/h9-18,23,26,28-30,32,41H,1-2,19-22H2,3-8H3/t26?,28-,29-,30-,32?,36+,37?/m0/s1. The van der Waals surface area contributed by atoms with E-state index in [2.05, 4.69) is 13.2 Å². The largest absolute Gasteiger partial charge is 0.394 e. The van der Waals surface area contributed by atoms with Crippen LogP contribution < -0.4 is 9.80 Å². The van der Waals surface area contributed by atoms with Gasteiger partial charge in [-0.1, -0.05) is 69.3 Å². The maximum atomic E-state index is 15.1. The Morgan fingerprint density at radius 1 is 1.02 bits per heavy atom. The lowest BCUT2D eigenvalue weighted by Crippen LogP contribution is -2.60. The van der Waals surface area contributed by atoms with Gasteiger partial charge in [-0.3, -0.25) is 14.4 Å². The van der Waals surface area contributed by atoms with Crippen LogP contribution in [0.2, 0.25) is 0 Å². The van der Waals surface area contributed by atoms with E-state index in [0.29, 0.717) is 12.1 Å². The number of para-hydroxylation sites is 2. The number of aliphatic hydroxyl groups excluding tert-OH is 1. The van der Waals surface area contributed by atoms with Gasteiger partial charge in [0.1, 0.15) is 11.6 Å². The van der Waals surface area contributed by atoms with Crippen LogP contribution in [-0.4, -0.2) is 70.7 Å². The molecule has 1 N–H and O–H groups in total. The zero-order valence-corrected chi connectivity index (χ0v) is 27.4. The predicted octanol–water partition coefficient (Wildman–Crippen LogP) is 5.07. The van der Waals surface area contributed by atoms with E-state index >= 15 is 4.79 Å². The number of aliphatic hydroxyl groups is 1. The summed E-state index contributed by atoms with van der Waals surface area (Å²) in [6, 6.07) is 13.5. The highest BCUT2D eigenvalue weighted by Crippen LogP contribution is 2.66. The number of anilines is 2. The van der Waals surface area contributed by atoms with Crippen molar-refractivity contribution >= 4 is 29.1 Å². The van der Waals surface area contributed by atoms with Crippen molar-refractivity contribution in [2.75, 3.05) is 29.5 Å². The van der Waals surface area contributed by atoms with Gasteiger partial charge < -0.3 is 24.5 Å². The summed E-state index contributed by atoms with van der Waals surface area (Å²) in [5, 5.41) is 10.7. The van der Waals surface area contributed by atoms with Gasteiger partial charge in [0.15, 0.2) is 0 Å². The van der Waals surface area contributed by atoms with Gasteiger partial charge in [0.25, 0.3) is 5.91 Å². The molecule has 3 aliphatic rings. The van der Waals surface area contributed by atoms with Crippen LogP contribution in [0.3, 0.4) is 0 Å². The summed E-state index contributed by atoms with van der Waals surface area (Å²) >= 11 is 0. The van der Waals surface area contributed by atoms with Gasteiger partial charge in [-0.05, 0) is 62.3 Å². The van der Waals surface area contributed by atoms with E-state index in [0.717, 1.165) is 16.8 Å². The minimum Gasteiger partial charge on any atom is -0.394 e. The van der Waals surface area contributed by atoms with Gasteiger partial charge in [-0.25, -0.2) is 0 Å². The van der Waals surface area contributed by atoms with Gasteiger partial charge in [-0.15, -0.1) is 13.2 Å². The highest BCUT2D eigenvalue weighted by Gasteiger charge is 2.80.